The van der Waals surface area contributed by atoms with Crippen molar-refractivity contribution >= 4 is 46.9 Å². The quantitative estimate of drug-likeness (QED) is 0.384. The number of aryl methyl sites for hydroxylation is 1. The summed E-state index contributed by atoms with van der Waals surface area (Å²) >= 11 is 11.9. The molecule has 3 aromatic carbocycles. The van der Waals surface area contributed by atoms with E-state index in [1.807, 2.05) is 13.0 Å². The summed E-state index contributed by atoms with van der Waals surface area (Å²) in [5.41, 5.74) is 4.98. The molecule has 3 rings (SSSR count). The molecule has 3 aromatic rings. The number of carbonyl (C=O) groups excluding carboxylic acids is 2. The Hall–Kier alpha value is -3.35. The number of nitrogens with one attached hydrogen (secondary N) is 2. The van der Waals surface area contributed by atoms with Crippen molar-refractivity contribution in [2.24, 2.45) is 5.10 Å². The lowest BCUT2D eigenvalue weighted by Gasteiger charge is -2.10. The molecule has 0 heterocycles. The Morgan fingerprint density at radius 3 is 2.52 bits per heavy atom. The first-order valence-corrected chi connectivity index (χ1v) is 10.0. The van der Waals surface area contributed by atoms with E-state index in [1.165, 1.54) is 6.21 Å². The third-order valence-electron chi connectivity index (χ3n) is 4.21. The van der Waals surface area contributed by atoms with E-state index in [0.29, 0.717) is 32.6 Å². The Labute approximate surface area is 189 Å². The first-order valence-electron chi connectivity index (χ1n) is 9.29. The number of para-hydroxylation sites is 1. The molecule has 2 amide bonds. The fourth-order valence-electron chi connectivity index (χ4n) is 2.56. The molecule has 8 heteroatoms. The van der Waals surface area contributed by atoms with Gasteiger partial charge >= 0.3 is 0 Å². The number of rotatable bonds is 7. The summed E-state index contributed by atoms with van der Waals surface area (Å²) in [6.45, 7) is 1.68. The van der Waals surface area contributed by atoms with Crippen molar-refractivity contribution in [2.75, 3.05) is 11.9 Å². The fourth-order valence-corrected chi connectivity index (χ4v) is 2.86. The SMILES string of the molecule is Cc1ccc(NC(=O)COc2ccccc2/C=N/NC(=O)c2ccc(Cl)cc2)cc1Cl. The Balaban J connectivity index is 1.57. The summed E-state index contributed by atoms with van der Waals surface area (Å²) < 4.78 is 5.62. The second kappa shape index (κ2) is 10.6. The van der Waals surface area contributed by atoms with Crippen LogP contribution in [0.1, 0.15) is 21.5 Å². The van der Waals surface area contributed by atoms with Crippen LogP contribution in [0.3, 0.4) is 0 Å². The number of nitrogens with zero attached hydrogens (tertiary/aromatic N) is 1. The zero-order chi connectivity index (χ0) is 22.2. The van der Waals surface area contributed by atoms with Crippen LogP contribution in [0.15, 0.2) is 71.8 Å². The van der Waals surface area contributed by atoms with Crippen LogP contribution in [0.5, 0.6) is 5.75 Å². The monoisotopic (exact) mass is 455 g/mol. The molecular formula is C23H19Cl2N3O3. The number of ether oxygens (including phenoxy) is 1. The third kappa shape index (κ3) is 6.57. The number of carbonyl (C=O) groups is 2. The maximum atomic E-state index is 12.2. The van der Waals surface area contributed by atoms with E-state index in [4.69, 9.17) is 27.9 Å². The number of hydrogen-bond donors (Lipinski definition) is 2. The van der Waals surface area contributed by atoms with Gasteiger partial charge in [-0.15, -0.1) is 0 Å². The molecule has 0 fully saturated rings. The van der Waals surface area contributed by atoms with E-state index in [0.717, 1.165) is 5.56 Å². The van der Waals surface area contributed by atoms with E-state index in [2.05, 4.69) is 15.8 Å². The van der Waals surface area contributed by atoms with Crippen molar-refractivity contribution in [3.8, 4) is 5.75 Å². The van der Waals surface area contributed by atoms with E-state index in [-0.39, 0.29) is 18.4 Å². The molecule has 6 nitrogen and oxygen atoms in total. The Morgan fingerprint density at radius 2 is 1.77 bits per heavy atom. The van der Waals surface area contributed by atoms with Gasteiger partial charge in [-0.25, -0.2) is 5.43 Å². The summed E-state index contributed by atoms with van der Waals surface area (Å²) in [5, 5.41) is 7.81. The minimum atomic E-state index is -0.373. The average molecular weight is 456 g/mol. The highest BCUT2D eigenvalue weighted by Crippen LogP contribution is 2.20. The number of hydrazone groups is 1. The van der Waals surface area contributed by atoms with Gasteiger partial charge in [0.15, 0.2) is 6.61 Å². The van der Waals surface area contributed by atoms with Gasteiger partial charge in [0.2, 0.25) is 0 Å². The zero-order valence-corrected chi connectivity index (χ0v) is 18.1. The maximum absolute atomic E-state index is 12.2. The summed E-state index contributed by atoms with van der Waals surface area (Å²) in [5.74, 6) is -0.255. The summed E-state index contributed by atoms with van der Waals surface area (Å²) in [4.78, 5) is 24.3. The zero-order valence-electron chi connectivity index (χ0n) is 16.6. The molecule has 0 aromatic heterocycles. The van der Waals surface area contributed by atoms with Crippen LogP contribution in [0.4, 0.5) is 5.69 Å². The van der Waals surface area contributed by atoms with Crippen LogP contribution < -0.4 is 15.5 Å². The van der Waals surface area contributed by atoms with Crippen molar-refractivity contribution in [1.29, 1.82) is 0 Å². The van der Waals surface area contributed by atoms with E-state index < -0.39 is 0 Å². The van der Waals surface area contributed by atoms with Gasteiger partial charge in [0.1, 0.15) is 5.75 Å². The lowest BCUT2D eigenvalue weighted by molar-refractivity contribution is -0.118. The number of benzene rings is 3. The van der Waals surface area contributed by atoms with Gasteiger partial charge in [0, 0.05) is 26.9 Å². The van der Waals surface area contributed by atoms with E-state index >= 15 is 0 Å². The van der Waals surface area contributed by atoms with Crippen molar-refractivity contribution in [3.63, 3.8) is 0 Å². The van der Waals surface area contributed by atoms with Crippen molar-refractivity contribution in [3.05, 3.63) is 93.5 Å². The summed E-state index contributed by atoms with van der Waals surface area (Å²) in [6.07, 6.45) is 1.45. The van der Waals surface area contributed by atoms with Crippen LogP contribution in [-0.2, 0) is 4.79 Å². The first kappa shape index (κ1) is 22.3. The van der Waals surface area contributed by atoms with Gasteiger partial charge < -0.3 is 10.1 Å². The molecule has 0 atom stereocenters. The average Bonchev–Trinajstić information content (AvgIpc) is 2.76. The second-order valence-electron chi connectivity index (χ2n) is 6.54. The van der Waals surface area contributed by atoms with Crippen molar-refractivity contribution in [1.82, 2.24) is 5.43 Å². The fraction of sp³-hybridized carbons (Fsp3) is 0.0870. The molecule has 0 radical (unpaired) electrons. The number of halogens is 2. The van der Waals surface area contributed by atoms with Crippen molar-refractivity contribution in [2.45, 2.75) is 6.92 Å². The Bertz CT molecular complexity index is 1120. The molecule has 0 spiro atoms. The van der Waals surface area contributed by atoms with Crippen molar-refractivity contribution < 1.29 is 14.3 Å². The van der Waals surface area contributed by atoms with Gasteiger partial charge in [0.25, 0.3) is 11.8 Å². The number of amides is 2. The minimum Gasteiger partial charge on any atom is -0.483 e. The van der Waals surface area contributed by atoms with Crippen LogP contribution in [0, 0.1) is 6.92 Å². The molecule has 2 N–H and O–H groups in total. The molecule has 0 aliphatic rings. The topological polar surface area (TPSA) is 79.8 Å². The lowest BCUT2D eigenvalue weighted by Crippen LogP contribution is -2.20. The normalized spacial score (nSPS) is 10.7. The molecular weight excluding hydrogens is 437 g/mol. The van der Waals surface area contributed by atoms with Crippen LogP contribution in [0.25, 0.3) is 0 Å². The van der Waals surface area contributed by atoms with Gasteiger partial charge in [-0.05, 0) is 61.0 Å². The van der Waals surface area contributed by atoms with Gasteiger partial charge in [-0.1, -0.05) is 41.4 Å². The van der Waals surface area contributed by atoms with Gasteiger partial charge in [-0.2, -0.15) is 5.10 Å². The van der Waals surface area contributed by atoms with Crippen LogP contribution >= 0.6 is 23.2 Å². The minimum absolute atomic E-state index is 0.201. The predicted octanol–water partition coefficient (Wildman–Crippen LogP) is 5.08. The van der Waals surface area contributed by atoms with Gasteiger partial charge in [-0.3, -0.25) is 9.59 Å². The largest absolute Gasteiger partial charge is 0.483 e. The molecule has 0 aliphatic heterocycles. The molecule has 0 bridgehead atoms. The molecule has 0 saturated heterocycles. The highest BCUT2D eigenvalue weighted by Gasteiger charge is 2.08. The highest BCUT2D eigenvalue weighted by atomic mass is 35.5. The predicted molar refractivity (Wildman–Crippen MR) is 123 cm³/mol. The molecule has 0 saturated carbocycles. The van der Waals surface area contributed by atoms with E-state index in [9.17, 15) is 9.59 Å². The van der Waals surface area contributed by atoms with E-state index in [1.54, 1.807) is 60.7 Å². The first-order chi connectivity index (χ1) is 14.9. The van der Waals surface area contributed by atoms with Gasteiger partial charge in [0.05, 0.1) is 6.21 Å². The summed E-state index contributed by atoms with van der Waals surface area (Å²) in [7, 11) is 0. The third-order valence-corrected chi connectivity index (χ3v) is 4.87. The van der Waals surface area contributed by atoms with Crippen LogP contribution in [-0.4, -0.2) is 24.6 Å². The Kier molecular flexibility index (Phi) is 7.65. The number of hydrogen-bond acceptors (Lipinski definition) is 4. The van der Waals surface area contributed by atoms with Crippen LogP contribution in [0.2, 0.25) is 10.0 Å². The Morgan fingerprint density at radius 1 is 1.03 bits per heavy atom. The molecule has 158 valence electrons. The second-order valence-corrected chi connectivity index (χ2v) is 7.39. The maximum Gasteiger partial charge on any atom is 0.271 e. The smallest absolute Gasteiger partial charge is 0.271 e. The molecule has 0 aliphatic carbocycles. The number of anilines is 1. The standard InChI is InChI=1S/C23H19Cl2N3O3/c1-15-6-11-19(12-20(15)25)27-22(29)14-31-21-5-3-2-4-17(21)13-26-28-23(30)16-7-9-18(24)10-8-16/h2-13H,14H2,1H3,(H,27,29)(H,28,30)/b26-13+. The summed E-state index contributed by atoms with van der Waals surface area (Å²) in [6, 6.07) is 18.8. The molecule has 31 heavy (non-hydrogen) atoms. The lowest BCUT2D eigenvalue weighted by atomic mass is 10.2. The molecule has 0 unspecified atom stereocenters. The highest BCUT2D eigenvalue weighted by molar-refractivity contribution is 6.31.